The van der Waals surface area contributed by atoms with Crippen molar-refractivity contribution in [1.82, 2.24) is 9.55 Å². The maximum absolute atomic E-state index is 11.8. The van der Waals surface area contributed by atoms with Crippen LogP contribution < -0.4 is 17.0 Å². The molecule has 9 heteroatoms. The number of anilines is 1. The van der Waals surface area contributed by atoms with Crippen molar-refractivity contribution >= 4 is 5.82 Å². The molecule has 0 aliphatic carbocycles. The van der Waals surface area contributed by atoms with Crippen LogP contribution in [0.4, 0.5) is 5.82 Å². The van der Waals surface area contributed by atoms with Gasteiger partial charge in [-0.05, 0) is 6.92 Å². The molecule has 0 radical (unpaired) electrons. The fourth-order valence-electron chi connectivity index (χ4n) is 2.00. The number of nitrogens with one attached hydrogen (secondary N) is 1. The van der Waals surface area contributed by atoms with E-state index >= 15 is 0 Å². The third-order valence-electron chi connectivity index (χ3n) is 3.06. The van der Waals surface area contributed by atoms with Crippen molar-refractivity contribution in [2.75, 3.05) is 12.0 Å². The smallest absolute Gasteiger partial charge is 0.351 e. The summed E-state index contributed by atoms with van der Waals surface area (Å²) < 4.78 is 6.31. The standard InChI is InChI=1S/C10H16N4O5/c1-4-2-14(10(18)12-8(4)13-11)9-7(17)6(16)5(3-15)19-9/h2,5-7,9,15-17H,3,11H2,1H3,(H,12,13,18)/t5-,6-,7-,9-/m1/s1. The molecule has 19 heavy (non-hydrogen) atoms. The number of aliphatic hydroxyl groups is 3. The lowest BCUT2D eigenvalue weighted by Crippen LogP contribution is -2.36. The first kappa shape index (κ1) is 13.9. The summed E-state index contributed by atoms with van der Waals surface area (Å²) in [7, 11) is 0. The van der Waals surface area contributed by atoms with E-state index < -0.39 is 36.8 Å². The number of nitrogens with zero attached hydrogens (tertiary/aromatic N) is 2. The second-order valence-corrected chi connectivity index (χ2v) is 4.34. The Labute approximate surface area is 108 Å². The van der Waals surface area contributed by atoms with Gasteiger partial charge in [0.15, 0.2) is 6.23 Å². The lowest BCUT2D eigenvalue weighted by Gasteiger charge is -2.18. The zero-order valence-corrected chi connectivity index (χ0v) is 10.2. The number of hydrazine groups is 1. The molecular formula is C10H16N4O5. The highest BCUT2D eigenvalue weighted by Gasteiger charge is 2.43. The molecule has 1 aliphatic rings. The van der Waals surface area contributed by atoms with Gasteiger partial charge in [0.2, 0.25) is 0 Å². The van der Waals surface area contributed by atoms with Crippen LogP contribution in [0.25, 0.3) is 0 Å². The molecule has 1 aromatic heterocycles. The molecule has 0 bridgehead atoms. The van der Waals surface area contributed by atoms with Gasteiger partial charge in [-0.2, -0.15) is 4.98 Å². The summed E-state index contributed by atoms with van der Waals surface area (Å²) in [5.41, 5.74) is 2.16. The summed E-state index contributed by atoms with van der Waals surface area (Å²) in [6.07, 6.45) is -3.23. The van der Waals surface area contributed by atoms with Crippen molar-refractivity contribution in [3.05, 3.63) is 22.2 Å². The molecule has 2 heterocycles. The van der Waals surface area contributed by atoms with Gasteiger partial charge in [-0.3, -0.25) is 4.57 Å². The Kier molecular flexibility index (Phi) is 3.83. The Morgan fingerprint density at radius 1 is 1.53 bits per heavy atom. The first-order valence-electron chi connectivity index (χ1n) is 5.68. The van der Waals surface area contributed by atoms with E-state index in [0.717, 1.165) is 4.57 Å². The predicted octanol–water partition coefficient (Wildman–Crippen LogP) is -2.55. The largest absolute Gasteiger partial charge is 0.394 e. The summed E-state index contributed by atoms with van der Waals surface area (Å²) in [6.45, 7) is 1.21. The Bertz CT molecular complexity index is 519. The number of aromatic nitrogens is 2. The molecule has 2 rings (SSSR count). The molecule has 0 amide bonds. The summed E-state index contributed by atoms with van der Waals surface area (Å²) in [5.74, 6) is 5.42. The third kappa shape index (κ3) is 2.33. The predicted molar refractivity (Wildman–Crippen MR) is 64.1 cm³/mol. The molecule has 4 atom stereocenters. The zero-order valence-electron chi connectivity index (χ0n) is 10.2. The van der Waals surface area contributed by atoms with Crippen LogP contribution in [0.5, 0.6) is 0 Å². The van der Waals surface area contributed by atoms with E-state index in [9.17, 15) is 15.0 Å². The SMILES string of the molecule is Cc1cn([C@@H]2O[C@H](CO)[C@@H](O)[C@H]2O)c(=O)nc1NN. The number of hydrogen-bond acceptors (Lipinski definition) is 8. The molecule has 106 valence electrons. The molecule has 1 saturated heterocycles. The van der Waals surface area contributed by atoms with Crippen LogP contribution in [-0.2, 0) is 4.74 Å². The van der Waals surface area contributed by atoms with Gasteiger partial charge in [0.1, 0.15) is 24.1 Å². The lowest BCUT2D eigenvalue weighted by atomic mass is 10.1. The summed E-state index contributed by atoms with van der Waals surface area (Å²) in [4.78, 5) is 15.5. The molecule has 0 aromatic carbocycles. The lowest BCUT2D eigenvalue weighted by molar-refractivity contribution is -0.0550. The maximum atomic E-state index is 11.8. The van der Waals surface area contributed by atoms with Crippen LogP contribution in [0.1, 0.15) is 11.8 Å². The first-order valence-corrected chi connectivity index (χ1v) is 5.68. The van der Waals surface area contributed by atoms with Crippen LogP contribution in [0.15, 0.2) is 11.0 Å². The van der Waals surface area contributed by atoms with Gasteiger partial charge in [-0.25, -0.2) is 10.6 Å². The molecule has 1 fully saturated rings. The topological polar surface area (TPSA) is 143 Å². The minimum absolute atomic E-state index is 0.216. The molecule has 0 spiro atoms. The molecule has 0 unspecified atom stereocenters. The monoisotopic (exact) mass is 272 g/mol. The minimum Gasteiger partial charge on any atom is -0.394 e. The maximum Gasteiger partial charge on any atom is 0.351 e. The average molecular weight is 272 g/mol. The van der Waals surface area contributed by atoms with Gasteiger partial charge in [-0.1, -0.05) is 0 Å². The summed E-state index contributed by atoms with van der Waals surface area (Å²) >= 11 is 0. The number of aliphatic hydroxyl groups excluding tert-OH is 3. The molecule has 1 aliphatic heterocycles. The van der Waals surface area contributed by atoms with E-state index in [2.05, 4.69) is 10.4 Å². The Balaban J connectivity index is 2.38. The highest BCUT2D eigenvalue weighted by Crippen LogP contribution is 2.28. The molecule has 0 saturated carbocycles. The first-order chi connectivity index (χ1) is 8.99. The number of hydrogen-bond donors (Lipinski definition) is 5. The average Bonchev–Trinajstić information content (AvgIpc) is 2.68. The van der Waals surface area contributed by atoms with Crippen LogP contribution in [0.3, 0.4) is 0 Å². The van der Waals surface area contributed by atoms with Crippen LogP contribution in [0, 0.1) is 6.92 Å². The van der Waals surface area contributed by atoms with Crippen LogP contribution >= 0.6 is 0 Å². The highest BCUT2D eigenvalue weighted by molar-refractivity contribution is 5.39. The van der Waals surface area contributed by atoms with Crippen molar-refractivity contribution < 1.29 is 20.1 Å². The zero-order chi connectivity index (χ0) is 14.2. The van der Waals surface area contributed by atoms with Gasteiger partial charge in [0, 0.05) is 11.8 Å². The van der Waals surface area contributed by atoms with Gasteiger partial charge in [0.05, 0.1) is 6.61 Å². The van der Waals surface area contributed by atoms with Gasteiger partial charge >= 0.3 is 5.69 Å². The second-order valence-electron chi connectivity index (χ2n) is 4.34. The van der Waals surface area contributed by atoms with E-state index in [0.29, 0.717) is 5.56 Å². The van der Waals surface area contributed by atoms with Gasteiger partial charge in [-0.15, -0.1) is 0 Å². The molecule has 9 nitrogen and oxygen atoms in total. The number of ether oxygens (including phenoxy) is 1. The van der Waals surface area contributed by atoms with Crippen LogP contribution in [0.2, 0.25) is 0 Å². The number of aryl methyl sites for hydroxylation is 1. The Hall–Kier alpha value is -1.52. The van der Waals surface area contributed by atoms with Gasteiger partial charge in [0.25, 0.3) is 0 Å². The van der Waals surface area contributed by atoms with Crippen molar-refractivity contribution in [1.29, 1.82) is 0 Å². The number of rotatable bonds is 3. The van der Waals surface area contributed by atoms with Crippen molar-refractivity contribution in [2.24, 2.45) is 5.84 Å². The summed E-state index contributed by atoms with van der Waals surface area (Å²) in [5, 5.41) is 28.5. The van der Waals surface area contributed by atoms with E-state index in [-0.39, 0.29) is 5.82 Å². The number of nitrogen functional groups attached to an aromatic ring is 1. The third-order valence-corrected chi connectivity index (χ3v) is 3.06. The van der Waals surface area contributed by atoms with Gasteiger partial charge < -0.3 is 25.5 Å². The second kappa shape index (κ2) is 5.23. The molecule has 6 N–H and O–H groups in total. The fourth-order valence-corrected chi connectivity index (χ4v) is 2.00. The number of nitrogens with two attached hydrogens (primary N) is 1. The van der Waals surface area contributed by atoms with E-state index in [4.69, 9.17) is 15.7 Å². The Morgan fingerprint density at radius 2 is 2.21 bits per heavy atom. The Morgan fingerprint density at radius 3 is 2.74 bits per heavy atom. The van der Waals surface area contributed by atoms with E-state index in [1.165, 1.54) is 6.20 Å². The normalized spacial score (nSPS) is 30.6. The van der Waals surface area contributed by atoms with Crippen LogP contribution in [-0.4, -0.2) is 49.8 Å². The molecular weight excluding hydrogens is 256 g/mol. The molecule has 1 aromatic rings. The van der Waals surface area contributed by atoms with Crippen molar-refractivity contribution in [2.45, 2.75) is 31.5 Å². The fraction of sp³-hybridized carbons (Fsp3) is 0.600. The van der Waals surface area contributed by atoms with Crippen molar-refractivity contribution in [3.63, 3.8) is 0 Å². The highest BCUT2D eigenvalue weighted by atomic mass is 16.6. The minimum atomic E-state index is -1.33. The van der Waals surface area contributed by atoms with Crippen molar-refractivity contribution in [3.8, 4) is 0 Å². The quantitative estimate of drug-likeness (QED) is 0.299. The summed E-state index contributed by atoms with van der Waals surface area (Å²) in [6, 6.07) is 0. The van der Waals surface area contributed by atoms with E-state index in [1.54, 1.807) is 6.92 Å². The van der Waals surface area contributed by atoms with E-state index in [1.807, 2.05) is 0 Å².